The molecule has 28 heavy (non-hydrogen) atoms. The lowest BCUT2D eigenvalue weighted by atomic mass is 10.1. The fraction of sp³-hybridized carbons (Fsp3) is 0.591. The molecule has 154 valence electrons. The number of nitriles is 1. The first-order chi connectivity index (χ1) is 13.1. The summed E-state index contributed by atoms with van der Waals surface area (Å²) >= 11 is 0. The van der Waals surface area contributed by atoms with Crippen molar-refractivity contribution in [2.75, 3.05) is 6.61 Å². The van der Waals surface area contributed by atoms with E-state index in [1.807, 2.05) is 46.8 Å². The number of hydrogen-bond donors (Lipinski definition) is 1. The van der Waals surface area contributed by atoms with E-state index in [1.165, 1.54) is 6.08 Å². The van der Waals surface area contributed by atoms with Crippen molar-refractivity contribution in [2.45, 2.75) is 67.5 Å². The van der Waals surface area contributed by atoms with Crippen LogP contribution in [0.1, 0.15) is 58.0 Å². The summed E-state index contributed by atoms with van der Waals surface area (Å²) in [6.07, 6.45) is 2.59. The van der Waals surface area contributed by atoms with Crippen LogP contribution < -0.4 is 5.32 Å². The van der Waals surface area contributed by atoms with Crippen LogP contribution in [0, 0.1) is 37.0 Å². The summed E-state index contributed by atoms with van der Waals surface area (Å²) in [5, 5.41) is 12.1. The summed E-state index contributed by atoms with van der Waals surface area (Å²) in [4.78, 5) is 24.1. The Morgan fingerprint density at radius 1 is 1.25 bits per heavy atom. The van der Waals surface area contributed by atoms with E-state index >= 15 is 0 Å². The molecule has 1 aromatic rings. The Labute approximate surface area is 168 Å². The lowest BCUT2D eigenvalue weighted by Gasteiger charge is -2.17. The molecule has 1 N–H and O–H groups in total. The molecule has 0 saturated carbocycles. The van der Waals surface area contributed by atoms with E-state index in [2.05, 4.69) is 23.7 Å². The van der Waals surface area contributed by atoms with Crippen LogP contribution in [0.4, 0.5) is 0 Å². The molecule has 6 heteroatoms. The molecule has 0 saturated heterocycles. The van der Waals surface area contributed by atoms with Crippen molar-refractivity contribution >= 4 is 18.0 Å². The van der Waals surface area contributed by atoms with E-state index in [0.717, 1.165) is 29.9 Å². The number of aryl methyl sites for hydroxylation is 1. The molecule has 0 aliphatic heterocycles. The molecule has 0 aliphatic rings. The lowest BCUT2D eigenvalue weighted by Crippen LogP contribution is -2.38. The number of nitrogens with zero attached hydrogens (tertiary/aromatic N) is 2. The maximum Gasteiger partial charge on any atom is 0.349 e. The summed E-state index contributed by atoms with van der Waals surface area (Å²) in [5.41, 5.74) is 2.78. The number of rotatable bonds is 9. The molecule has 0 radical (unpaired) electrons. The van der Waals surface area contributed by atoms with E-state index in [1.54, 1.807) is 0 Å². The third kappa shape index (κ3) is 6.88. The molecular weight excluding hydrogens is 354 g/mol. The van der Waals surface area contributed by atoms with Gasteiger partial charge in [0.15, 0.2) is 6.61 Å². The normalized spacial score (nSPS) is 12.8. The zero-order valence-electron chi connectivity index (χ0n) is 18.1. The van der Waals surface area contributed by atoms with Gasteiger partial charge in [-0.15, -0.1) is 0 Å². The fourth-order valence-corrected chi connectivity index (χ4v) is 2.67. The van der Waals surface area contributed by atoms with Crippen LogP contribution in [0.3, 0.4) is 0 Å². The van der Waals surface area contributed by atoms with Crippen LogP contribution in [-0.2, 0) is 20.9 Å². The largest absolute Gasteiger partial charge is 0.451 e. The van der Waals surface area contributed by atoms with Crippen molar-refractivity contribution < 1.29 is 14.3 Å². The van der Waals surface area contributed by atoms with Crippen LogP contribution in [0.15, 0.2) is 11.6 Å². The SMILES string of the molecule is Cc1cc(/C=C(\C#N)C(=O)OCC(=O)N[C@H](C)C(C)C)c(C)n1CCC(C)C. The zero-order chi connectivity index (χ0) is 21.4. The molecule has 0 bridgehead atoms. The summed E-state index contributed by atoms with van der Waals surface area (Å²) in [5.74, 6) is -0.296. The van der Waals surface area contributed by atoms with Crippen molar-refractivity contribution in [3.05, 3.63) is 28.6 Å². The molecule has 0 aromatic carbocycles. The number of esters is 1. The first kappa shape index (κ1) is 23.5. The minimum atomic E-state index is -0.790. The number of carbonyl (C=O) groups excluding carboxylic acids is 2. The smallest absolute Gasteiger partial charge is 0.349 e. The predicted molar refractivity (Wildman–Crippen MR) is 110 cm³/mol. The first-order valence-electron chi connectivity index (χ1n) is 9.81. The van der Waals surface area contributed by atoms with Gasteiger partial charge in [-0.3, -0.25) is 4.79 Å². The first-order valence-corrected chi connectivity index (χ1v) is 9.81. The van der Waals surface area contributed by atoms with Gasteiger partial charge in [0.25, 0.3) is 5.91 Å². The fourth-order valence-electron chi connectivity index (χ4n) is 2.67. The van der Waals surface area contributed by atoms with Crippen molar-refractivity contribution in [3.63, 3.8) is 0 Å². The Hall–Kier alpha value is -2.55. The average molecular weight is 388 g/mol. The highest BCUT2D eigenvalue weighted by Crippen LogP contribution is 2.20. The second-order valence-corrected chi connectivity index (χ2v) is 8.01. The van der Waals surface area contributed by atoms with Gasteiger partial charge in [0.05, 0.1) is 0 Å². The minimum absolute atomic E-state index is 0.0200. The molecule has 1 heterocycles. The Morgan fingerprint density at radius 3 is 2.43 bits per heavy atom. The second kappa shape index (κ2) is 10.7. The predicted octanol–water partition coefficient (Wildman–Crippen LogP) is 3.76. The number of hydrogen-bond acceptors (Lipinski definition) is 4. The van der Waals surface area contributed by atoms with E-state index in [9.17, 15) is 14.9 Å². The standard InChI is InChI=1S/C22H33N3O3/c1-14(2)8-9-25-16(5)10-19(18(25)7)11-20(12-23)22(27)28-13-21(26)24-17(6)15(3)4/h10-11,14-15,17H,8-9,13H2,1-7H3,(H,24,26)/b20-11+/t17-/m1/s1. The number of amides is 1. The monoisotopic (exact) mass is 387 g/mol. The molecule has 0 unspecified atom stereocenters. The summed E-state index contributed by atoms with van der Waals surface area (Å²) in [6.45, 7) is 14.7. The summed E-state index contributed by atoms with van der Waals surface area (Å²) in [7, 11) is 0. The third-order valence-corrected chi connectivity index (χ3v) is 4.91. The van der Waals surface area contributed by atoms with Crippen LogP contribution in [-0.4, -0.2) is 29.1 Å². The lowest BCUT2D eigenvalue weighted by molar-refractivity contribution is -0.144. The number of ether oxygens (including phenoxy) is 1. The average Bonchev–Trinajstić information content (AvgIpc) is 2.88. The molecule has 1 rings (SSSR count). The van der Waals surface area contributed by atoms with Gasteiger partial charge >= 0.3 is 5.97 Å². The maximum absolute atomic E-state index is 12.2. The molecular formula is C22H33N3O3. The number of carbonyl (C=O) groups is 2. The summed E-state index contributed by atoms with van der Waals surface area (Å²) in [6, 6.07) is 3.82. The molecule has 1 atom stereocenters. The van der Waals surface area contributed by atoms with Gasteiger partial charge in [0.2, 0.25) is 0 Å². The van der Waals surface area contributed by atoms with Gasteiger partial charge in [-0.2, -0.15) is 5.26 Å². The summed E-state index contributed by atoms with van der Waals surface area (Å²) < 4.78 is 7.20. The maximum atomic E-state index is 12.2. The van der Waals surface area contributed by atoms with Gasteiger partial charge in [-0.05, 0) is 56.7 Å². The highest BCUT2D eigenvalue weighted by Gasteiger charge is 2.17. The van der Waals surface area contributed by atoms with Gasteiger partial charge < -0.3 is 14.6 Å². The van der Waals surface area contributed by atoms with E-state index < -0.39 is 12.6 Å². The quantitative estimate of drug-likeness (QED) is 0.397. The second-order valence-electron chi connectivity index (χ2n) is 8.01. The van der Waals surface area contributed by atoms with E-state index in [-0.39, 0.29) is 23.4 Å². The van der Waals surface area contributed by atoms with Gasteiger partial charge in [0, 0.05) is 24.0 Å². The van der Waals surface area contributed by atoms with Crippen molar-refractivity contribution in [1.82, 2.24) is 9.88 Å². The highest BCUT2D eigenvalue weighted by atomic mass is 16.5. The zero-order valence-corrected chi connectivity index (χ0v) is 18.1. The molecule has 6 nitrogen and oxygen atoms in total. The highest BCUT2D eigenvalue weighted by molar-refractivity contribution is 5.99. The Kier molecular flexibility index (Phi) is 8.98. The van der Waals surface area contributed by atoms with E-state index in [4.69, 9.17) is 4.74 Å². The van der Waals surface area contributed by atoms with Crippen LogP contribution >= 0.6 is 0 Å². The van der Waals surface area contributed by atoms with Crippen LogP contribution in [0.25, 0.3) is 6.08 Å². The molecule has 1 aromatic heterocycles. The Bertz CT molecular complexity index is 767. The Balaban J connectivity index is 2.83. The van der Waals surface area contributed by atoms with Crippen LogP contribution in [0.2, 0.25) is 0 Å². The molecule has 0 spiro atoms. The third-order valence-electron chi connectivity index (χ3n) is 4.91. The number of nitrogens with one attached hydrogen (secondary N) is 1. The van der Waals surface area contributed by atoms with Gasteiger partial charge in [0.1, 0.15) is 11.6 Å². The Morgan fingerprint density at radius 2 is 1.89 bits per heavy atom. The van der Waals surface area contributed by atoms with E-state index in [0.29, 0.717) is 5.92 Å². The van der Waals surface area contributed by atoms with Crippen molar-refractivity contribution in [2.24, 2.45) is 11.8 Å². The van der Waals surface area contributed by atoms with Crippen LogP contribution in [0.5, 0.6) is 0 Å². The van der Waals surface area contributed by atoms with Gasteiger partial charge in [-0.25, -0.2) is 4.79 Å². The van der Waals surface area contributed by atoms with Crippen molar-refractivity contribution in [3.8, 4) is 6.07 Å². The minimum Gasteiger partial charge on any atom is -0.451 e. The van der Waals surface area contributed by atoms with Crippen molar-refractivity contribution in [1.29, 1.82) is 5.26 Å². The molecule has 0 fully saturated rings. The van der Waals surface area contributed by atoms with Gasteiger partial charge in [-0.1, -0.05) is 27.7 Å². The topological polar surface area (TPSA) is 84.1 Å². The molecule has 0 aliphatic carbocycles. The number of aromatic nitrogens is 1. The molecule has 1 amide bonds.